The van der Waals surface area contributed by atoms with Crippen molar-refractivity contribution in [3.63, 3.8) is 0 Å². The van der Waals surface area contributed by atoms with Crippen LogP contribution in [0.15, 0.2) is 18.5 Å². The lowest BCUT2D eigenvalue weighted by Gasteiger charge is -2.34. The van der Waals surface area contributed by atoms with Crippen LogP contribution in [0, 0.1) is 6.92 Å². The average molecular weight is 382 g/mol. The predicted octanol–water partition coefficient (Wildman–Crippen LogP) is 2.45. The van der Waals surface area contributed by atoms with Crippen LogP contribution in [0.2, 0.25) is 0 Å². The number of aryl methyl sites for hydroxylation is 3. The molecule has 0 saturated carbocycles. The summed E-state index contributed by atoms with van der Waals surface area (Å²) >= 11 is 1.51. The Morgan fingerprint density at radius 3 is 2.76 bits per heavy atom. The predicted molar refractivity (Wildman–Crippen MR) is 98.8 cm³/mol. The molecule has 2 aromatic heterocycles. The highest BCUT2D eigenvalue weighted by Crippen LogP contribution is 2.31. The number of amides is 1. The quantitative estimate of drug-likeness (QED) is 0.815. The Kier molecular flexibility index (Phi) is 5.02. The third kappa shape index (κ3) is 3.64. The van der Waals surface area contributed by atoms with Crippen LogP contribution in [0.3, 0.4) is 0 Å². The third-order valence-electron chi connectivity index (χ3n) is 4.61. The van der Waals surface area contributed by atoms with Gasteiger partial charge in [-0.3, -0.25) is 9.48 Å². The first-order valence-electron chi connectivity index (χ1n) is 8.47. The van der Waals surface area contributed by atoms with Crippen molar-refractivity contribution in [2.45, 2.75) is 39.8 Å². The molecule has 25 heavy (non-hydrogen) atoms. The van der Waals surface area contributed by atoms with Crippen molar-refractivity contribution >= 4 is 27.1 Å². The molecule has 0 unspecified atom stereocenters. The van der Waals surface area contributed by atoms with E-state index in [1.54, 1.807) is 15.8 Å². The molecule has 0 bridgehead atoms. The van der Waals surface area contributed by atoms with Crippen molar-refractivity contribution < 1.29 is 13.2 Å². The smallest absolute Gasteiger partial charge is 0.264 e. The van der Waals surface area contributed by atoms with E-state index in [9.17, 15) is 13.2 Å². The average Bonchev–Trinajstić information content (AvgIpc) is 3.19. The summed E-state index contributed by atoms with van der Waals surface area (Å²) in [6.07, 6.45) is 4.40. The topological polar surface area (TPSA) is 72.3 Å². The van der Waals surface area contributed by atoms with Crippen LogP contribution in [-0.4, -0.2) is 47.1 Å². The molecule has 1 aliphatic rings. The minimum Gasteiger partial charge on any atom is -0.329 e. The second kappa shape index (κ2) is 6.92. The highest BCUT2D eigenvalue weighted by Gasteiger charge is 2.36. The van der Waals surface area contributed by atoms with Crippen LogP contribution in [-0.2, 0) is 22.8 Å². The first-order valence-corrected chi connectivity index (χ1v) is 11.1. The molecule has 1 atom stereocenters. The molecule has 1 amide bonds. The Balaban J connectivity index is 1.94. The summed E-state index contributed by atoms with van der Waals surface area (Å²) in [7, 11) is -3.16. The molecular formula is C17H23N3O3S2. The lowest BCUT2D eigenvalue weighted by Crippen LogP contribution is -2.45. The minimum absolute atomic E-state index is 0.0160. The normalized spacial score (nSPS) is 20.0. The first kappa shape index (κ1) is 18.1. The van der Waals surface area contributed by atoms with Gasteiger partial charge in [0.2, 0.25) is 0 Å². The van der Waals surface area contributed by atoms with Gasteiger partial charge in [0.15, 0.2) is 9.84 Å². The van der Waals surface area contributed by atoms with Crippen LogP contribution < -0.4 is 0 Å². The molecule has 0 N–H and O–H groups in total. The molecule has 136 valence electrons. The largest absolute Gasteiger partial charge is 0.329 e. The van der Waals surface area contributed by atoms with E-state index in [4.69, 9.17) is 0 Å². The molecule has 0 aromatic carbocycles. The minimum atomic E-state index is -3.16. The molecule has 1 saturated heterocycles. The van der Waals surface area contributed by atoms with E-state index in [1.807, 2.05) is 26.1 Å². The van der Waals surface area contributed by atoms with E-state index in [1.165, 1.54) is 16.2 Å². The zero-order chi connectivity index (χ0) is 18.2. The monoisotopic (exact) mass is 381 g/mol. The molecule has 0 spiro atoms. The molecule has 6 nitrogen and oxygen atoms in total. The molecule has 8 heteroatoms. The number of nitrogens with zero attached hydrogens (tertiary/aromatic N) is 3. The van der Waals surface area contributed by atoms with Crippen LogP contribution >= 0.6 is 11.3 Å². The number of hydrogen-bond donors (Lipinski definition) is 0. The van der Waals surface area contributed by atoms with E-state index in [0.717, 1.165) is 17.5 Å². The van der Waals surface area contributed by atoms with Crippen molar-refractivity contribution in [2.24, 2.45) is 0 Å². The molecule has 1 fully saturated rings. The van der Waals surface area contributed by atoms with E-state index in [-0.39, 0.29) is 24.0 Å². The molecule has 1 aliphatic heterocycles. The number of carbonyl (C=O) groups excluding carboxylic acids is 1. The van der Waals surface area contributed by atoms with Gasteiger partial charge in [-0.15, -0.1) is 11.3 Å². The summed E-state index contributed by atoms with van der Waals surface area (Å²) in [5, 5.41) is 4.24. The number of thiophene rings is 1. The van der Waals surface area contributed by atoms with Gasteiger partial charge >= 0.3 is 0 Å². The molecule has 0 radical (unpaired) electrons. The van der Waals surface area contributed by atoms with E-state index in [0.29, 0.717) is 11.4 Å². The molecular weight excluding hydrogens is 358 g/mol. The van der Waals surface area contributed by atoms with Gasteiger partial charge in [0, 0.05) is 29.7 Å². The van der Waals surface area contributed by atoms with Crippen molar-refractivity contribution in [2.75, 3.05) is 18.1 Å². The van der Waals surface area contributed by atoms with Crippen LogP contribution in [0.1, 0.15) is 45.6 Å². The Bertz CT molecular complexity index is 883. The maximum Gasteiger partial charge on any atom is 0.264 e. The van der Waals surface area contributed by atoms with Gasteiger partial charge in [-0.05, 0) is 31.9 Å². The fourth-order valence-corrected chi connectivity index (χ4v) is 5.73. The third-order valence-corrected chi connectivity index (χ3v) is 7.60. The maximum atomic E-state index is 13.1. The summed E-state index contributed by atoms with van der Waals surface area (Å²) in [6, 6.07) is 1.45. The van der Waals surface area contributed by atoms with Crippen LogP contribution in [0.4, 0.5) is 0 Å². The standard InChI is InChI=1S/C17H23N3O3S2/c1-4-15-12(3)8-16(24-15)17(21)20-6-7-25(22,23)11-14(20)13-9-18-19(5-2)10-13/h8-10,14H,4-7,11H2,1-3H3/t14-/m0/s1. The number of rotatable bonds is 4. The lowest BCUT2D eigenvalue weighted by atomic mass is 10.1. The second-order valence-electron chi connectivity index (χ2n) is 6.33. The summed E-state index contributed by atoms with van der Waals surface area (Å²) in [6.45, 7) is 6.98. The SMILES string of the molecule is CCc1sc(C(=O)N2CCS(=O)(=O)C[C@H]2c2cnn(CC)c2)cc1C. The zero-order valence-corrected chi connectivity index (χ0v) is 16.4. The lowest BCUT2D eigenvalue weighted by molar-refractivity contribution is 0.0702. The first-order chi connectivity index (χ1) is 11.8. The number of carbonyl (C=O) groups is 1. The molecule has 3 heterocycles. The van der Waals surface area contributed by atoms with E-state index >= 15 is 0 Å². The summed E-state index contributed by atoms with van der Waals surface area (Å²) in [5.74, 6) is -0.113. The Morgan fingerprint density at radius 2 is 2.16 bits per heavy atom. The Morgan fingerprint density at radius 1 is 1.40 bits per heavy atom. The van der Waals surface area contributed by atoms with Crippen molar-refractivity contribution in [3.05, 3.63) is 39.3 Å². The molecule has 0 aliphatic carbocycles. The fraction of sp³-hybridized carbons (Fsp3) is 0.529. The van der Waals surface area contributed by atoms with Gasteiger partial charge in [0.05, 0.1) is 28.6 Å². The highest BCUT2D eigenvalue weighted by atomic mass is 32.2. The zero-order valence-electron chi connectivity index (χ0n) is 14.7. The van der Waals surface area contributed by atoms with Crippen LogP contribution in [0.25, 0.3) is 0 Å². The van der Waals surface area contributed by atoms with Crippen LogP contribution in [0.5, 0.6) is 0 Å². The highest BCUT2D eigenvalue weighted by molar-refractivity contribution is 7.91. The van der Waals surface area contributed by atoms with E-state index < -0.39 is 15.9 Å². The number of sulfone groups is 1. The second-order valence-corrected chi connectivity index (χ2v) is 9.69. The maximum absolute atomic E-state index is 13.1. The summed E-state index contributed by atoms with van der Waals surface area (Å²) in [4.78, 5) is 16.6. The van der Waals surface area contributed by atoms with Crippen molar-refractivity contribution in [3.8, 4) is 0 Å². The van der Waals surface area contributed by atoms with Gasteiger partial charge < -0.3 is 4.90 Å². The van der Waals surface area contributed by atoms with Gasteiger partial charge in [-0.1, -0.05) is 6.92 Å². The summed E-state index contributed by atoms with van der Waals surface area (Å²) < 4.78 is 26.1. The molecule has 3 rings (SSSR count). The van der Waals surface area contributed by atoms with Gasteiger partial charge in [0.1, 0.15) is 0 Å². The van der Waals surface area contributed by atoms with E-state index in [2.05, 4.69) is 12.0 Å². The molecule has 2 aromatic rings. The Labute approximate surface area is 152 Å². The van der Waals surface area contributed by atoms with Gasteiger partial charge in [0.25, 0.3) is 5.91 Å². The Hall–Kier alpha value is -1.67. The fourth-order valence-electron chi connectivity index (χ4n) is 3.17. The number of aromatic nitrogens is 2. The number of hydrogen-bond acceptors (Lipinski definition) is 5. The van der Waals surface area contributed by atoms with Crippen molar-refractivity contribution in [1.82, 2.24) is 14.7 Å². The van der Waals surface area contributed by atoms with Gasteiger partial charge in [-0.25, -0.2) is 8.42 Å². The van der Waals surface area contributed by atoms with Crippen molar-refractivity contribution in [1.29, 1.82) is 0 Å². The van der Waals surface area contributed by atoms with Gasteiger partial charge in [-0.2, -0.15) is 5.10 Å². The summed E-state index contributed by atoms with van der Waals surface area (Å²) in [5.41, 5.74) is 1.90.